The van der Waals surface area contributed by atoms with Crippen LogP contribution in [0.1, 0.15) is 16.1 Å². The summed E-state index contributed by atoms with van der Waals surface area (Å²) in [5.74, 6) is 0.729. The zero-order valence-electron chi connectivity index (χ0n) is 15.9. The molecule has 0 unspecified atom stereocenters. The van der Waals surface area contributed by atoms with Crippen molar-refractivity contribution in [3.63, 3.8) is 0 Å². The predicted molar refractivity (Wildman–Crippen MR) is 107 cm³/mol. The molecule has 0 radical (unpaired) electrons. The number of ether oxygens (including phenoxy) is 2. The number of amides is 3. The number of anilines is 2. The van der Waals surface area contributed by atoms with Gasteiger partial charge in [-0.3, -0.25) is 4.79 Å². The highest BCUT2D eigenvalue weighted by Crippen LogP contribution is 2.34. The zero-order valence-corrected chi connectivity index (χ0v) is 15.9. The number of benzene rings is 2. The van der Waals surface area contributed by atoms with Crippen LogP contribution in [0, 0.1) is 0 Å². The summed E-state index contributed by atoms with van der Waals surface area (Å²) in [4.78, 5) is 32.5. The first-order valence-electron chi connectivity index (χ1n) is 9.44. The van der Waals surface area contributed by atoms with Crippen LogP contribution in [0.25, 0.3) is 0 Å². The molecule has 9 heteroatoms. The average Bonchev–Trinajstić information content (AvgIpc) is 3.49. The van der Waals surface area contributed by atoms with E-state index >= 15 is 0 Å². The molecule has 2 aliphatic heterocycles. The summed E-state index contributed by atoms with van der Waals surface area (Å²) in [6.07, 6.45) is 1.31. The minimum absolute atomic E-state index is 0.0111. The molecule has 3 amide bonds. The highest BCUT2D eigenvalue weighted by molar-refractivity contribution is 6.02. The summed E-state index contributed by atoms with van der Waals surface area (Å²) in [6.45, 7) is 1.65. The standard InChI is InChI=1S/C21H18N4O5/c26-19(23-15-6-7-16-17(10-15)29-13-28-16)18-11-22-20(30-18)25-9-8-24(21(25)27)12-14-4-2-1-3-5-14/h1-7,10-11H,8-9,12-13H2,(H,23,26). The van der Waals surface area contributed by atoms with E-state index in [-0.39, 0.29) is 24.6 Å². The van der Waals surface area contributed by atoms with Gasteiger partial charge in [-0.25, -0.2) is 14.7 Å². The van der Waals surface area contributed by atoms with Crippen molar-refractivity contribution in [3.05, 3.63) is 66.1 Å². The van der Waals surface area contributed by atoms with Crippen LogP contribution in [0.3, 0.4) is 0 Å². The lowest BCUT2D eigenvalue weighted by Crippen LogP contribution is -2.31. The quantitative estimate of drug-likeness (QED) is 0.699. The van der Waals surface area contributed by atoms with Crippen LogP contribution in [0.2, 0.25) is 0 Å². The van der Waals surface area contributed by atoms with Crippen molar-refractivity contribution < 1.29 is 23.5 Å². The van der Waals surface area contributed by atoms with Crippen LogP contribution in [0.5, 0.6) is 11.5 Å². The fraction of sp³-hybridized carbons (Fsp3) is 0.190. The number of nitrogens with one attached hydrogen (secondary N) is 1. The number of aromatic nitrogens is 1. The Bertz CT molecular complexity index is 1100. The van der Waals surface area contributed by atoms with E-state index in [1.54, 1.807) is 23.1 Å². The molecular formula is C21H18N4O5. The number of nitrogens with zero attached hydrogens (tertiary/aromatic N) is 3. The van der Waals surface area contributed by atoms with Gasteiger partial charge in [0.05, 0.1) is 6.20 Å². The van der Waals surface area contributed by atoms with Crippen LogP contribution in [-0.2, 0) is 6.54 Å². The van der Waals surface area contributed by atoms with Crippen molar-refractivity contribution in [2.24, 2.45) is 0 Å². The highest BCUT2D eigenvalue weighted by atomic mass is 16.7. The molecule has 1 fully saturated rings. The van der Waals surface area contributed by atoms with Gasteiger partial charge >= 0.3 is 12.0 Å². The first-order chi connectivity index (χ1) is 14.7. The summed E-state index contributed by atoms with van der Waals surface area (Å²) < 4.78 is 16.1. The molecule has 5 rings (SSSR count). The van der Waals surface area contributed by atoms with E-state index in [1.807, 2.05) is 30.3 Å². The van der Waals surface area contributed by atoms with E-state index in [9.17, 15) is 9.59 Å². The maximum atomic E-state index is 12.7. The van der Waals surface area contributed by atoms with Gasteiger partial charge < -0.3 is 24.1 Å². The Kier molecular flexibility index (Phi) is 4.47. The number of carbonyl (C=O) groups excluding carboxylic acids is 2. The maximum Gasteiger partial charge on any atom is 0.328 e. The molecule has 0 saturated carbocycles. The Morgan fingerprint density at radius 1 is 1.07 bits per heavy atom. The van der Waals surface area contributed by atoms with Crippen molar-refractivity contribution in [2.45, 2.75) is 6.54 Å². The van der Waals surface area contributed by atoms with Gasteiger partial charge in [0.2, 0.25) is 12.6 Å². The summed E-state index contributed by atoms with van der Waals surface area (Å²) in [5.41, 5.74) is 1.58. The summed E-state index contributed by atoms with van der Waals surface area (Å²) in [6, 6.07) is 14.7. The lowest BCUT2D eigenvalue weighted by atomic mass is 10.2. The van der Waals surface area contributed by atoms with Crippen molar-refractivity contribution in [1.29, 1.82) is 0 Å². The SMILES string of the molecule is O=C(Nc1ccc2c(c1)OCO2)c1cnc(N2CCN(Cc3ccccc3)C2=O)o1. The van der Waals surface area contributed by atoms with Gasteiger partial charge in [-0.2, -0.15) is 0 Å². The average molecular weight is 406 g/mol. The Balaban J connectivity index is 1.25. The van der Waals surface area contributed by atoms with E-state index in [4.69, 9.17) is 13.9 Å². The molecule has 0 spiro atoms. The monoisotopic (exact) mass is 406 g/mol. The number of rotatable bonds is 5. The fourth-order valence-electron chi connectivity index (χ4n) is 3.37. The number of hydrogen-bond acceptors (Lipinski definition) is 6. The van der Waals surface area contributed by atoms with E-state index in [0.29, 0.717) is 36.8 Å². The second-order valence-corrected chi connectivity index (χ2v) is 6.87. The van der Waals surface area contributed by atoms with Gasteiger partial charge in [0.1, 0.15) is 0 Å². The van der Waals surface area contributed by atoms with Crippen LogP contribution in [0.4, 0.5) is 16.5 Å². The Labute approximate surface area is 171 Å². The molecular weight excluding hydrogens is 388 g/mol. The molecule has 1 N–H and O–H groups in total. The summed E-state index contributed by atoms with van der Waals surface area (Å²) in [7, 11) is 0. The number of oxazole rings is 1. The molecule has 0 atom stereocenters. The van der Waals surface area contributed by atoms with Crippen molar-refractivity contribution in [2.75, 3.05) is 30.1 Å². The van der Waals surface area contributed by atoms with Gasteiger partial charge in [-0.05, 0) is 17.7 Å². The first-order valence-corrected chi connectivity index (χ1v) is 9.44. The molecule has 30 heavy (non-hydrogen) atoms. The largest absolute Gasteiger partial charge is 0.454 e. The number of hydrogen-bond donors (Lipinski definition) is 1. The maximum absolute atomic E-state index is 12.7. The third kappa shape index (κ3) is 3.41. The van der Waals surface area contributed by atoms with Crippen LogP contribution in [0.15, 0.2) is 59.1 Å². The zero-order chi connectivity index (χ0) is 20.5. The minimum Gasteiger partial charge on any atom is -0.454 e. The lowest BCUT2D eigenvalue weighted by molar-refractivity contribution is 0.0997. The smallest absolute Gasteiger partial charge is 0.328 e. The normalized spacial score (nSPS) is 15.0. The van der Waals surface area contributed by atoms with Gasteiger partial charge in [0.25, 0.3) is 5.91 Å². The van der Waals surface area contributed by atoms with Crippen LogP contribution >= 0.6 is 0 Å². The molecule has 1 saturated heterocycles. The Morgan fingerprint density at radius 3 is 2.77 bits per heavy atom. The number of urea groups is 1. The van der Waals surface area contributed by atoms with E-state index in [2.05, 4.69) is 10.3 Å². The summed E-state index contributed by atoms with van der Waals surface area (Å²) in [5, 5.41) is 2.72. The van der Waals surface area contributed by atoms with Gasteiger partial charge in [0, 0.05) is 31.4 Å². The topological polar surface area (TPSA) is 97.1 Å². The van der Waals surface area contributed by atoms with Gasteiger partial charge in [-0.1, -0.05) is 30.3 Å². The Morgan fingerprint density at radius 2 is 1.90 bits per heavy atom. The minimum atomic E-state index is -0.472. The highest BCUT2D eigenvalue weighted by Gasteiger charge is 2.33. The number of fused-ring (bicyclic) bond motifs is 1. The molecule has 1 aromatic heterocycles. The van der Waals surface area contributed by atoms with E-state index < -0.39 is 5.91 Å². The molecule has 0 bridgehead atoms. The number of carbonyl (C=O) groups is 2. The molecule has 3 aromatic rings. The molecule has 2 aromatic carbocycles. The first kappa shape index (κ1) is 18.0. The second kappa shape index (κ2) is 7.43. The molecule has 0 aliphatic carbocycles. The fourth-order valence-corrected chi connectivity index (χ4v) is 3.37. The lowest BCUT2D eigenvalue weighted by Gasteiger charge is -2.16. The van der Waals surface area contributed by atoms with E-state index in [0.717, 1.165) is 5.56 Å². The molecule has 2 aliphatic rings. The van der Waals surface area contributed by atoms with Crippen molar-refractivity contribution in [1.82, 2.24) is 9.88 Å². The van der Waals surface area contributed by atoms with Crippen LogP contribution < -0.4 is 19.7 Å². The third-order valence-corrected chi connectivity index (χ3v) is 4.89. The molecule has 152 valence electrons. The Hall–Kier alpha value is -4.01. The van der Waals surface area contributed by atoms with E-state index in [1.165, 1.54) is 11.1 Å². The van der Waals surface area contributed by atoms with Crippen molar-refractivity contribution in [3.8, 4) is 11.5 Å². The molecule has 3 heterocycles. The predicted octanol–water partition coefficient (Wildman–Crippen LogP) is 3.10. The van der Waals surface area contributed by atoms with Crippen molar-refractivity contribution >= 4 is 23.6 Å². The van der Waals surface area contributed by atoms with Gasteiger partial charge in [0.15, 0.2) is 11.5 Å². The van der Waals surface area contributed by atoms with Gasteiger partial charge in [-0.15, -0.1) is 0 Å². The molecule has 9 nitrogen and oxygen atoms in total. The third-order valence-electron chi connectivity index (χ3n) is 4.89. The summed E-state index contributed by atoms with van der Waals surface area (Å²) >= 11 is 0. The van der Waals surface area contributed by atoms with Crippen LogP contribution in [-0.4, -0.2) is 41.7 Å². The second-order valence-electron chi connectivity index (χ2n) is 6.87.